The SMILES string of the molecule is C[C@H]1CC[C@@]2(OC1)O[C@H]1C[C@H]3[C@@H]4CC=C5C[C@@H](O[C@@H]6O[C@@H](C)[C@H](O)[C@@H](O)[C@H]6O)C[C@@H](O[C@@H]6OC[C@@H](O)[C@H](O)[C@H]6O)[C@]5(C)[C@H]4CC[C@]3(C)[C@@]1(O)[C@@H]2C. The highest BCUT2D eigenvalue weighted by Crippen LogP contribution is 2.72. The molecule has 51 heavy (non-hydrogen) atoms. The average molecular weight is 725 g/mol. The topological polar surface area (TPSA) is 197 Å². The Morgan fingerprint density at radius 2 is 1.55 bits per heavy atom. The van der Waals surface area contributed by atoms with Gasteiger partial charge in [0.1, 0.15) is 42.2 Å². The molecule has 3 saturated carbocycles. The Kier molecular flexibility index (Phi) is 9.39. The summed E-state index contributed by atoms with van der Waals surface area (Å²) in [5.74, 6) is 0.114. The van der Waals surface area contributed by atoms with Crippen molar-refractivity contribution in [2.75, 3.05) is 13.2 Å². The van der Waals surface area contributed by atoms with E-state index in [1.54, 1.807) is 6.92 Å². The molecule has 0 radical (unpaired) electrons. The first-order valence-corrected chi connectivity index (χ1v) is 19.4. The Morgan fingerprint density at radius 3 is 2.27 bits per heavy atom. The summed E-state index contributed by atoms with van der Waals surface area (Å²) < 4.78 is 37.9. The molecule has 13 nitrogen and oxygen atoms in total. The second-order valence-corrected chi connectivity index (χ2v) is 18.0. The van der Waals surface area contributed by atoms with E-state index in [1.165, 1.54) is 0 Å². The van der Waals surface area contributed by atoms with Crippen LogP contribution in [-0.4, -0.2) is 134 Å². The maximum Gasteiger partial charge on any atom is 0.186 e. The highest BCUT2D eigenvalue weighted by molar-refractivity contribution is 5.30. The van der Waals surface area contributed by atoms with Gasteiger partial charge in [0.25, 0.3) is 0 Å². The third kappa shape index (κ3) is 5.35. The predicted octanol–water partition coefficient (Wildman–Crippen LogP) is 1.11. The van der Waals surface area contributed by atoms with Crippen LogP contribution in [0.1, 0.15) is 86.0 Å². The van der Waals surface area contributed by atoms with Crippen molar-refractivity contribution < 1.29 is 64.2 Å². The van der Waals surface area contributed by atoms with Gasteiger partial charge in [-0.25, -0.2) is 0 Å². The molecule has 0 aromatic heterocycles. The van der Waals surface area contributed by atoms with E-state index < -0.39 is 84.3 Å². The van der Waals surface area contributed by atoms with Crippen LogP contribution in [0.4, 0.5) is 0 Å². The summed E-state index contributed by atoms with van der Waals surface area (Å²) in [6.45, 7) is 10.9. The lowest BCUT2D eigenvalue weighted by Crippen LogP contribution is -2.63. The lowest BCUT2D eigenvalue weighted by atomic mass is 9.45. The van der Waals surface area contributed by atoms with Crippen LogP contribution in [-0.2, 0) is 28.4 Å². The van der Waals surface area contributed by atoms with Crippen molar-refractivity contribution in [1.82, 2.24) is 0 Å². The molecule has 13 heteroatoms. The second kappa shape index (κ2) is 12.9. The van der Waals surface area contributed by atoms with Gasteiger partial charge in [-0.3, -0.25) is 0 Å². The molecule has 7 fully saturated rings. The van der Waals surface area contributed by atoms with Crippen LogP contribution in [0.25, 0.3) is 0 Å². The van der Waals surface area contributed by atoms with Gasteiger partial charge in [-0.05, 0) is 69.1 Å². The molecule has 4 aliphatic carbocycles. The molecule has 4 heterocycles. The lowest BCUT2D eigenvalue weighted by Gasteiger charge is -2.61. The Bertz CT molecular complexity index is 1340. The molecule has 7 N–H and O–H groups in total. The largest absolute Gasteiger partial charge is 0.388 e. The Morgan fingerprint density at radius 1 is 0.804 bits per heavy atom. The van der Waals surface area contributed by atoms with Crippen molar-refractivity contribution >= 4 is 0 Å². The zero-order valence-electron chi connectivity index (χ0n) is 30.5. The summed E-state index contributed by atoms with van der Waals surface area (Å²) in [7, 11) is 0. The first-order chi connectivity index (χ1) is 24.0. The van der Waals surface area contributed by atoms with Gasteiger partial charge < -0.3 is 64.2 Å². The molecule has 0 aromatic rings. The Labute approximate surface area is 300 Å². The fraction of sp³-hybridized carbons (Fsp3) is 0.947. The van der Waals surface area contributed by atoms with E-state index in [-0.39, 0.29) is 41.8 Å². The molecule has 290 valence electrons. The summed E-state index contributed by atoms with van der Waals surface area (Å²) in [4.78, 5) is 0. The summed E-state index contributed by atoms with van der Waals surface area (Å²) in [6.07, 6.45) is -4.63. The van der Waals surface area contributed by atoms with Crippen LogP contribution in [0, 0.1) is 40.4 Å². The maximum absolute atomic E-state index is 12.8. The summed E-state index contributed by atoms with van der Waals surface area (Å²) >= 11 is 0. The van der Waals surface area contributed by atoms with Gasteiger partial charge >= 0.3 is 0 Å². The molecule has 4 aliphatic heterocycles. The molecule has 8 aliphatic rings. The molecule has 4 saturated heterocycles. The van der Waals surface area contributed by atoms with E-state index in [1.807, 2.05) is 0 Å². The number of hydrogen-bond acceptors (Lipinski definition) is 13. The van der Waals surface area contributed by atoms with E-state index in [0.717, 1.165) is 44.1 Å². The van der Waals surface area contributed by atoms with Gasteiger partial charge in [0.15, 0.2) is 18.4 Å². The van der Waals surface area contributed by atoms with Crippen LogP contribution < -0.4 is 0 Å². The maximum atomic E-state index is 12.8. The number of fused-ring (bicyclic) bond motifs is 7. The molecule has 21 atom stereocenters. The fourth-order valence-corrected chi connectivity index (χ4v) is 12.3. The third-order valence-electron chi connectivity index (χ3n) is 15.5. The number of rotatable bonds is 4. The van der Waals surface area contributed by atoms with Gasteiger partial charge in [0.05, 0.1) is 37.6 Å². The molecule has 8 rings (SSSR count). The van der Waals surface area contributed by atoms with Crippen molar-refractivity contribution in [2.24, 2.45) is 40.4 Å². The Hall–Kier alpha value is -0.780. The van der Waals surface area contributed by atoms with Crippen molar-refractivity contribution in [1.29, 1.82) is 0 Å². The molecular formula is C38H60O13. The number of ether oxygens (including phenoxy) is 6. The second-order valence-electron chi connectivity index (χ2n) is 18.0. The standard InChI is InChI=1S/C38H60O13/c1-17-8-11-37(47-15-17)19(3)38(45)27(51-37)14-24-22-7-6-20-12-21(49-34-32(44)30(42)28(40)18(2)48-34)13-26(36(20,5)23(22)9-10-35(24,38)4)50-33-31(43)29(41)25(39)16-46-33/h6,17-19,21-34,39-45H,7-16H2,1-5H3/t17-,18-,19+,21+,22+,23-,24-,25+,26+,27-,28-,29-,30+,31+,32+,33-,34-,35-,36-,37+,38+/m0/s1. The zero-order valence-corrected chi connectivity index (χ0v) is 30.5. The highest BCUT2D eigenvalue weighted by Gasteiger charge is 2.76. The quantitative estimate of drug-likeness (QED) is 0.204. The van der Waals surface area contributed by atoms with E-state index in [0.29, 0.717) is 25.4 Å². The number of allylic oxidation sites excluding steroid dienone is 1. The van der Waals surface area contributed by atoms with Crippen LogP contribution >= 0.6 is 0 Å². The van der Waals surface area contributed by atoms with Gasteiger partial charge in [0.2, 0.25) is 0 Å². The van der Waals surface area contributed by atoms with Crippen LogP contribution in [0.15, 0.2) is 11.6 Å². The zero-order chi connectivity index (χ0) is 36.4. The molecule has 0 unspecified atom stereocenters. The minimum atomic E-state index is -1.47. The van der Waals surface area contributed by atoms with Crippen molar-refractivity contribution in [3.63, 3.8) is 0 Å². The minimum Gasteiger partial charge on any atom is -0.388 e. The van der Waals surface area contributed by atoms with Gasteiger partial charge in [0, 0.05) is 29.6 Å². The van der Waals surface area contributed by atoms with E-state index in [2.05, 4.69) is 33.8 Å². The average Bonchev–Trinajstić information content (AvgIpc) is 3.46. The van der Waals surface area contributed by atoms with Crippen LogP contribution in [0.5, 0.6) is 0 Å². The van der Waals surface area contributed by atoms with Crippen molar-refractivity contribution in [3.05, 3.63) is 11.6 Å². The van der Waals surface area contributed by atoms with Gasteiger partial charge in [-0.2, -0.15) is 0 Å². The lowest BCUT2D eigenvalue weighted by molar-refractivity contribution is -0.320. The Balaban J connectivity index is 1.08. The van der Waals surface area contributed by atoms with Crippen LogP contribution in [0.2, 0.25) is 0 Å². The van der Waals surface area contributed by atoms with Gasteiger partial charge in [-0.1, -0.05) is 39.3 Å². The summed E-state index contributed by atoms with van der Waals surface area (Å²) in [6, 6.07) is 0. The van der Waals surface area contributed by atoms with Gasteiger partial charge in [-0.15, -0.1) is 0 Å². The van der Waals surface area contributed by atoms with Crippen molar-refractivity contribution in [2.45, 2.75) is 171 Å². The minimum absolute atomic E-state index is 0.157. The molecule has 0 aromatic carbocycles. The third-order valence-corrected chi connectivity index (χ3v) is 15.5. The molecular weight excluding hydrogens is 664 g/mol. The monoisotopic (exact) mass is 724 g/mol. The van der Waals surface area contributed by atoms with E-state index >= 15 is 0 Å². The first-order valence-electron chi connectivity index (χ1n) is 19.4. The van der Waals surface area contributed by atoms with Crippen molar-refractivity contribution in [3.8, 4) is 0 Å². The predicted molar refractivity (Wildman–Crippen MR) is 178 cm³/mol. The van der Waals surface area contributed by atoms with E-state index in [9.17, 15) is 35.7 Å². The molecule has 0 amide bonds. The highest BCUT2D eigenvalue weighted by atomic mass is 16.7. The summed E-state index contributed by atoms with van der Waals surface area (Å²) in [5, 5.41) is 75.9. The fourth-order valence-electron chi connectivity index (χ4n) is 12.3. The van der Waals surface area contributed by atoms with Crippen LogP contribution in [0.3, 0.4) is 0 Å². The summed E-state index contributed by atoms with van der Waals surface area (Å²) in [5.41, 5.74) is -0.808. The van der Waals surface area contributed by atoms with E-state index in [4.69, 9.17) is 28.4 Å². The number of hydrogen-bond donors (Lipinski definition) is 7. The first kappa shape index (κ1) is 37.2. The number of aliphatic hydroxyl groups is 7. The normalized spacial score (nSPS) is 59.8. The molecule has 0 bridgehead atoms. The number of aliphatic hydroxyl groups excluding tert-OH is 6. The molecule has 1 spiro atoms. The smallest absolute Gasteiger partial charge is 0.186 e.